The summed E-state index contributed by atoms with van der Waals surface area (Å²) < 4.78 is 1.69. The number of pyridine rings is 1. The van der Waals surface area contributed by atoms with Gasteiger partial charge >= 0.3 is 0 Å². The minimum Gasteiger partial charge on any atom is -0.366 e. The van der Waals surface area contributed by atoms with Crippen molar-refractivity contribution in [3.63, 3.8) is 0 Å². The molecule has 9 heteroatoms. The van der Waals surface area contributed by atoms with Gasteiger partial charge in [-0.05, 0) is 50.6 Å². The number of fused-ring (bicyclic) bond motifs is 3. The van der Waals surface area contributed by atoms with Crippen molar-refractivity contribution in [1.82, 2.24) is 29.5 Å². The van der Waals surface area contributed by atoms with Crippen molar-refractivity contribution in [2.75, 3.05) is 23.3 Å². The van der Waals surface area contributed by atoms with Gasteiger partial charge in [-0.2, -0.15) is 5.10 Å². The molecule has 2 atom stereocenters. The van der Waals surface area contributed by atoms with Gasteiger partial charge in [0.2, 0.25) is 5.56 Å². The second-order valence-electron chi connectivity index (χ2n) is 9.09. The molecule has 1 aromatic carbocycles. The predicted octanol–water partition coefficient (Wildman–Crippen LogP) is 2.89. The van der Waals surface area contributed by atoms with Crippen LogP contribution in [0.3, 0.4) is 0 Å². The Bertz CT molecular complexity index is 1360. The van der Waals surface area contributed by atoms with Crippen molar-refractivity contribution in [3.8, 4) is 11.3 Å². The number of nitrogens with zero attached hydrogens (tertiary/aromatic N) is 6. The second kappa shape index (κ2) is 7.70. The number of hydrogen-bond acceptors (Lipinski definition) is 7. The van der Waals surface area contributed by atoms with Crippen LogP contribution < -0.4 is 15.8 Å². The molecule has 0 spiro atoms. The molecule has 168 valence electrons. The van der Waals surface area contributed by atoms with E-state index in [9.17, 15) is 4.79 Å². The molecular weight excluding hydrogens is 416 g/mol. The fourth-order valence-corrected chi connectivity index (χ4v) is 5.23. The Morgan fingerprint density at radius 2 is 1.94 bits per heavy atom. The molecule has 2 saturated heterocycles. The molecular formula is C24H26N8O. The minimum absolute atomic E-state index is 0.175. The summed E-state index contributed by atoms with van der Waals surface area (Å²) in [6.07, 6.45) is 6.06. The Morgan fingerprint density at radius 1 is 1.09 bits per heavy atom. The van der Waals surface area contributed by atoms with E-state index in [1.165, 1.54) is 24.5 Å². The van der Waals surface area contributed by atoms with E-state index in [-0.39, 0.29) is 5.56 Å². The lowest BCUT2D eigenvalue weighted by molar-refractivity contribution is 0.191. The number of nitrogens with one attached hydrogen (secondary N) is 2. The van der Waals surface area contributed by atoms with Gasteiger partial charge in [-0.15, -0.1) is 0 Å². The van der Waals surface area contributed by atoms with E-state index in [2.05, 4.69) is 73.3 Å². The maximum Gasteiger partial charge on any atom is 0.248 e. The number of rotatable bonds is 5. The first-order chi connectivity index (χ1) is 16.1. The quantitative estimate of drug-likeness (QED) is 0.491. The third-order valence-corrected chi connectivity index (χ3v) is 6.78. The lowest BCUT2D eigenvalue weighted by Crippen LogP contribution is -2.48. The van der Waals surface area contributed by atoms with E-state index >= 15 is 0 Å². The summed E-state index contributed by atoms with van der Waals surface area (Å²) in [5, 5.41) is 7.70. The topological polar surface area (TPSA) is 94.4 Å². The molecule has 3 aromatic heterocycles. The molecule has 2 unspecified atom stereocenters. The number of aromatic nitrogens is 5. The van der Waals surface area contributed by atoms with Crippen LogP contribution in [0.25, 0.3) is 16.9 Å². The Kier molecular flexibility index (Phi) is 4.65. The van der Waals surface area contributed by atoms with Crippen molar-refractivity contribution in [2.24, 2.45) is 0 Å². The number of benzene rings is 1. The third kappa shape index (κ3) is 3.45. The summed E-state index contributed by atoms with van der Waals surface area (Å²) in [5.41, 5.74) is 4.06. The highest BCUT2D eigenvalue weighted by atomic mass is 16.1. The van der Waals surface area contributed by atoms with E-state index < -0.39 is 0 Å². The molecule has 2 bridgehead atoms. The van der Waals surface area contributed by atoms with Gasteiger partial charge in [-0.1, -0.05) is 0 Å². The van der Waals surface area contributed by atoms with Gasteiger partial charge in [0.25, 0.3) is 0 Å². The molecule has 9 nitrogen and oxygen atoms in total. The van der Waals surface area contributed by atoms with E-state index in [1.807, 2.05) is 6.07 Å². The normalized spacial score (nSPS) is 20.3. The number of hydrogen-bond donors (Lipinski definition) is 2. The van der Waals surface area contributed by atoms with Crippen LogP contribution >= 0.6 is 0 Å². The highest BCUT2D eigenvalue weighted by Crippen LogP contribution is 2.36. The maximum atomic E-state index is 11.7. The van der Waals surface area contributed by atoms with Crippen molar-refractivity contribution in [3.05, 3.63) is 65.5 Å². The Hall–Kier alpha value is -3.72. The van der Waals surface area contributed by atoms with Crippen LogP contribution in [0.4, 0.5) is 17.2 Å². The first-order valence-corrected chi connectivity index (χ1v) is 11.3. The number of H-pyrrole nitrogens is 1. The van der Waals surface area contributed by atoms with Crippen LogP contribution in [0.2, 0.25) is 0 Å². The van der Waals surface area contributed by atoms with Gasteiger partial charge in [-0.3, -0.25) is 9.69 Å². The lowest BCUT2D eigenvalue weighted by atomic mass is 10.2. The molecule has 2 fully saturated rings. The minimum atomic E-state index is -0.175. The molecule has 2 aliphatic rings. The van der Waals surface area contributed by atoms with Crippen LogP contribution in [0.1, 0.15) is 20.3 Å². The van der Waals surface area contributed by atoms with Gasteiger partial charge in [0.05, 0.1) is 11.9 Å². The van der Waals surface area contributed by atoms with Crippen molar-refractivity contribution < 1.29 is 0 Å². The van der Waals surface area contributed by atoms with Gasteiger partial charge in [0.15, 0.2) is 11.5 Å². The van der Waals surface area contributed by atoms with Crippen LogP contribution in [0.15, 0.2) is 59.9 Å². The first kappa shape index (κ1) is 19.9. The number of aromatic amines is 1. The highest BCUT2D eigenvalue weighted by Gasteiger charge is 2.43. The molecule has 2 N–H and O–H groups in total. The standard InChI is InChI=1S/C24H26N8O/c1-15(2)30-12-20-10-19(30)13-31(20)18-5-3-17(4-6-18)29-23-24-27-14-28-32(24)21(11-26-23)16-7-8-25-22(33)9-16/h3-9,11,14-15,19-20H,10,12-13H2,1-2H3,(H,25,33)(H,26,29). The molecule has 5 heterocycles. The molecule has 0 saturated carbocycles. The van der Waals surface area contributed by atoms with Gasteiger partial charge < -0.3 is 15.2 Å². The van der Waals surface area contributed by atoms with E-state index in [4.69, 9.17) is 0 Å². The Balaban J connectivity index is 1.23. The third-order valence-electron chi connectivity index (χ3n) is 6.78. The molecule has 33 heavy (non-hydrogen) atoms. The summed E-state index contributed by atoms with van der Waals surface area (Å²) in [5.74, 6) is 0.613. The monoisotopic (exact) mass is 442 g/mol. The molecule has 4 aromatic rings. The van der Waals surface area contributed by atoms with E-state index in [1.54, 1.807) is 16.9 Å². The summed E-state index contributed by atoms with van der Waals surface area (Å²) >= 11 is 0. The average molecular weight is 443 g/mol. The fourth-order valence-electron chi connectivity index (χ4n) is 5.23. The summed E-state index contributed by atoms with van der Waals surface area (Å²) in [4.78, 5) is 28.5. The van der Waals surface area contributed by atoms with Crippen molar-refractivity contribution in [1.29, 1.82) is 0 Å². The average Bonchev–Trinajstić information content (AvgIpc) is 3.56. The number of likely N-dealkylation sites (tertiary alicyclic amines) is 1. The van der Waals surface area contributed by atoms with Gasteiger partial charge in [0, 0.05) is 60.4 Å². The SMILES string of the molecule is CC(C)N1CC2CC1CN2c1ccc(Nc2ncc(-c3cc[nH]c(=O)c3)n3ncnc23)cc1. The summed E-state index contributed by atoms with van der Waals surface area (Å²) in [7, 11) is 0. The highest BCUT2D eigenvalue weighted by molar-refractivity contribution is 5.74. The molecule has 0 aliphatic carbocycles. The summed E-state index contributed by atoms with van der Waals surface area (Å²) in [6.45, 7) is 6.83. The van der Waals surface area contributed by atoms with Gasteiger partial charge in [0.1, 0.15) is 6.33 Å². The molecule has 6 rings (SSSR count). The zero-order chi connectivity index (χ0) is 22.5. The first-order valence-electron chi connectivity index (χ1n) is 11.3. The van der Waals surface area contributed by atoms with E-state index in [0.717, 1.165) is 24.3 Å². The second-order valence-corrected chi connectivity index (χ2v) is 9.09. The van der Waals surface area contributed by atoms with Crippen molar-refractivity contribution in [2.45, 2.75) is 38.4 Å². The smallest absolute Gasteiger partial charge is 0.248 e. The maximum absolute atomic E-state index is 11.7. The zero-order valence-corrected chi connectivity index (χ0v) is 18.6. The Morgan fingerprint density at radius 3 is 2.67 bits per heavy atom. The van der Waals surface area contributed by atoms with Crippen molar-refractivity contribution >= 4 is 22.8 Å². The number of piperazine rings is 1. The zero-order valence-electron chi connectivity index (χ0n) is 18.6. The molecule has 0 radical (unpaired) electrons. The largest absolute Gasteiger partial charge is 0.366 e. The van der Waals surface area contributed by atoms with Crippen LogP contribution in [0, 0.1) is 0 Å². The lowest BCUT2D eigenvalue weighted by Gasteiger charge is -2.37. The fraction of sp³-hybridized carbons (Fsp3) is 0.333. The van der Waals surface area contributed by atoms with Crippen LogP contribution in [0.5, 0.6) is 0 Å². The molecule has 0 amide bonds. The van der Waals surface area contributed by atoms with Gasteiger partial charge in [-0.25, -0.2) is 14.5 Å². The summed E-state index contributed by atoms with van der Waals surface area (Å²) in [6, 6.07) is 13.7. The molecule has 2 aliphatic heterocycles. The number of anilines is 3. The van der Waals surface area contributed by atoms with E-state index in [0.29, 0.717) is 35.3 Å². The van der Waals surface area contributed by atoms with Crippen LogP contribution in [-0.4, -0.2) is 60.7 Å². The van der Waals surface area contributed by atoms with Crippen LogP contribution in [-0.2, 0) is 0 Å². The Labute approximate surface area is 191 Å². The predicted molar refractivity (Wildman–Crippen MR) is 128 cm³/mol.